The lowest BCUT2D eigenvalue weighted by atomic mass is 9.91. The van der Waals surface area contributed by atoms with Crippen molar-refractivity contribution in [3.63, 3.8) is 0 Å². The Hall–Kier alpha value is -6.13. The van der Waals surface area contributed by atoms with Gasteiger partial charge < -0.3 is 0 Å². The van der Waals surface area contributed by atoms with E-state index in [1.807, 2.05) is 18.5 Å². The standard InChI is InChI=1S/C41H26N4/c1-3-10-27(11-4-1)35-26-43-45-40(32-12-5-2-6-13-32)37(33-15-7-8-16-34(33)41(35)45)29-19-17-28(18-20-29)36-24-23-31-22-21-30-14-9-25-42-38(30)39(31)44-36/h1-26H. The molecule has 5 aromatic carbocycles. The molecule has 0 aliphatic rings. The maximum Gasteiger partial charge on any atom is 0.0972 e. The van der Waals surface area contributed by atoms with Gasteiger partial charge in [0.2, 0.25) is 0 Å². The summed E-state index contributed by atoms with van der Waals surface area (Å²) in [4.78, 5) is 9.73. The highest BCUT2D eigenvalue weighted by molar-refractivity contribution is 6.13. The Morgan fingerprint density at radius 1 is 0.467 bits per heavy atom. The molecule has 4 aromatic heterocycles. The van der Waals surface area contributed by atoms with Crippen LogP contribution in [0.15, 0.2) is 158 Å². The van der Waals surface area contributed by atoms with E-state index in [1.54, 1.807) is 0 Å². The van der Waals surface area contributed by atoms with E-state index in [1.165, 1.54) is 10.8 Å². The Labute approximate surface area is 259 Å². The van der Waals surface area contributed by atoms with Crippen molar-refractivity contribution in [2.24, 2.45) is 0 Å². The summed E-state index contributed by atoms with van der Waals surface area (Å²) in [6, 6.07) is 51.1. The number of aromatic nitrogens is 4. The SMILES string of the molecule is c1ccc(-c2cnn3c(-c4ccccc4)c(-c4ccc(-c5ccc6ccc7cccnc7c6n5)cc4)c4ccccc4c23)cc1. The van der Waals surface area contributed by atoms with E-state index in [4.69, 9.17) is 10.1 Å². The zero-order chi connectivity index (χ0) is 29.7. The lowest BCUT2D eigenvalue weighted by Gasteiger charge is -2.18. The molecular weight excluding hydrogens is 548 g/mol. The highest BCUT2D eigenvalue weighted by Gasteiger charge is 2.21. The van der Waals surface area contributed by atoms with Crippen LogP contribution in [0.1, 0.15) is 0 Å². The predicted octanol–water partition coefficient (Wildman–Crippen LogP) is 10.3. The number of hydrogen-bond donors (Lipinski definition) is 0. The van der Waals surface area contributed by atoms with Crippen molar-refractivity contribution in [3.8, 4) is 44.8 Å². The Morgan fingerprint density at radius 3 is 1.89 bits per heavy atom. The van der Waals surface area contributed by atoms with Crippen LogP contribution in [-0.2, 0) is 0 Å². The van der Waals surface area contributed by atoms with Gasteiger partial charge in [0.1, 0.15) is 0 Å². The molecule has 0 saturated carbocycles. The molecule has 9 aromatic rings. The molecule has 0 amide bonds. The van der Waals surface area contributed by atoms with Crippen molar-refractivity contribution >= 4 is 38.1 Å². The number of pyridine rings is 3. The second-order valence-corrected chi connectivity index (χ2v) is 11.3. The molecule has 0 spiro atoms. The molecule has 0 fully saturated rings. The van der Waals surface area contributed by atoms with Crippen LogP contribution in [0.3, 0.4) is 0 Å². The number of rotatable bonds is 4. The molecule has 0 aliphatic heterocycles. The fourth-order valence-electron chi connectivity index (χ4n) is 6.59. The van der Waals surface area contributed by atoms with E-state index in [0.717, 1.165) is 72.1 Å². The first kappa shape index (κ1) is 25.4. The van der Waals surface area contributed by atoms with Crippen LogP contribution in [0.4, 0.5) is 0 Å². The van der Waals surface area contributed by atoms with Crippen molar-refractivity contribution in [2.45, 2.75) is 0 Å². The smallest absolute Gasteiger partial charge is 0.0972 e. The molecule has 0 unspecified atom stereocenters. The van der Waals surface area contributed by atoms with Gasteiger partial charge in [-0.15, -0.1) is 0 Å². The maximum atomic E-state index is 5.09. The number of fused-ring (bicyclic) bond motifs is 6. The van der Waals surface area contributed by atoms with Crippen LogP contribution < -0.4 is 0 Å². The number of nitrogens with zero attached hydrogens (tertiary/aromatic N) is 4. The van der Waals surface area contributed by atoms with Crippen LogP contribution >= 0.6 is 0 Å². The monoisotopic (exact) mass is 574 g/mol. The minimum Gasteiger partial charge on any atom is -0.254 e. The molecule has 0 aliphatic carbocycles. The van der Waals surface area contributed by atoms with E-state index in [-0.39, 0.29) is 0 Å². The molecule has 45 heavy (non-hydrogen) atoms. The van der Waals surface area contributed by atoms with Gasteiger partial charge in [-0.05, 0) is 28.6 Å². The average molecular weight is 575 g/mol. The van der Waals surface area contributed by atoms with Gasteiger partial charge in [-0.1, -0.05) is 133 Å². The second-order valence-electron chi connectivity index (χ2n) is 11.3. The third-order valence-corrected chi connectivity index (χ3v) is 8.70. The molecule has 4 heteroatoms. The van der Waals surface area contributed by atoms with Crippen molar-refractivity contribution in [2.75, 3.05) is 0 Å². The summed E-state index contributed by atoms with van der Waals surface area (Å²) < 4.78 is 2.13. The van der Waals surface area contributed by atoms with Gasteiger partial charge in [0.25, 0.3) is 0 Å². The van der Waals surface area contributed by atoms with Gasteiger partial charge in [0.05, 0.1) is 34.1 Å². The van der Waals surface area contributed by atoms with E-state index in [9.17, 15) is 0 Å². The predicted molar refractivity (Wildman–Crippen MR) is 185 cm³/mol. The molecule has 9 rings (SSSR count). The second kappa shape index (κ2) is 10.2. The molecule has 0 N–H and O–H groups in total. The topological polar surface area (TPSA) is 43.1 Å². The average Bonchev–Trinajstić information content (AvgIpc) is 3.57. The van der Waals surface area contributed by atoms with E-state index >= 15 is 0 Å². The first-order valence-corrected chi connectivity index (χ1v) is 15.1. The van der Waals surface area contributed by atoms with Crippen LogP contribution in [0.5, 0.6) is 0 Å². The van der Waals surface area contributed by atoms with Crippen molar-refractivity contribution in [3.05, 3.63) is 158 Å². The fourth-order valence-corrected chi connectivity index (χ4v) is 6.59. The molecule has 0 bridgehead atoms. The van der Waals surface area contributed by atoms with Gasteiger partial charge >= 0.3 is 0 Å². The van der Waals surface area contributed by atoms with E-state index in [0.29, 0.717) is 0 Å². The summed E-state index contributed by atoms with van der Waals surface area (Å²) in [5.74, 6) is 0. The third kappa shape index (κ3) is 4.11. The van der Waals surface area contributed by atoms with Gasteiger partial charge in [-0.2, -0.15) is 5.10 Å². The van der Waals surface area contributed by atoms with Gasteiger partial charge in [0.15, 0.2) is 0 Å². The Morgan fingerprint density at radius 2 is 1.11 bits per heavy atom. The number of hydrogen-bond acceptors (Lipinski definition) is 3. The minimum absolute atomic E-state index is 0.922. The van der Waals surface area contributed by atoms with Gasteiger partial charge in [0, 0.05) is 44.6 Å². The molecule has 0 saturated heterocycles. The summed E-state index contributed by atoms with van der Waals surface area (Å²) >= 11 is 0. The Balaban J connectivity index is 1.27. The highest BCUT2D eigenvalue weighted by Crippen LogP contribution is 2.43. The summed E-state index contributed by atoms with van der Waals surface area (Å²) in [7, 11) is 0. The highest BCUT2D eigenvalue weighted by atomic mass is 15.2. The zero-order valence-corrected chi connectivity index (χ0v) is 24.3. The molecule has 0 atom stereocenters. The Bertz CT molecular complexity index is 2520. The van der Waals surface area contributed by atoms with Crippen molar-refractivity contribution in [1.82, 2.24) is 19.6 Å². The minimum atomic E-state index is 0.922. The Kier molecular flexibility index (Phi) is 5.78. The molecule has 0 radical (unpaired) electrons. The zero-order valence-electron chi connectivity index (χ0n) is 24.3. The first-order chi connectivity index (χ1) is 22.3. The van der Waals surface area contributed by atoms with Gasteiger partial charge in [-0.3, -0.25) is 4.98 Å². The largest absolute Gasteiger partial charge is 0.254 e. The van der Waals surface area contributed by atoms with Crippen molar-refractivity contribution < 1.29 is 0 Å². The van der Waals surface area contributed by atoms with Gasteiger partial charge in [-0.25, -0.2) is 9.50 Å². The fraction of sp³-hybridized carbons (Fsp3) is 0. The van der Waals surface area contributed by atoms with E-state index in [2.05, 4.69) is 149 Å². The first-order valence-electron chi connectivity index (χ1n) is 15.1. The summed E-state index contributed by atoms with van der Waals surface area (Å²) in [5, 5.41) is 9.57. The maximum absolute atomic E-state index is 5.09. The molecule has 210 valence electrons. The molecular formula is C41H26N4. The number of benzene rings is 5. The normalized spacial score (nSPS) is 11.6. The van der Waals surface area contributed by atoms with E-state index < -0.39 is 0 Å². The lowest BCUT2D eigenvalue weighted by Crippen LogP contribution is -2.00. The summed E-state index contributed by atoms with van der Waals surface area (Å²) in [6.07, 6.45) is 3.83. The summed E-state index contributed by atoms with van der Waals surface area (Å²) in [5.41, 5.74) is 11.7. The molecule has 4 heterocycles. The van der Waals surface area contributed by atoms with Crippen LogP contribution in [0, 0.1) is 0 Å². The lowest BCUT2D eigenvalue weighted by molar-refractivity contribution is 0.976. The summed E-state index contributed by atoms with van der Waals surface area (Å²) in [6.45, 7) is 0. The van der Waals surface area contributed by atoms with Crippen molar-refractivity contribution in [1.29, 1.82) is 0 Å². The van der Waals surface area contributed by atoms with Crippen LogP contribution in [0.25, 0.3) is 82.9 Å². The quantitative estimate of drug-likeness (QED) is 0.196. The van der Waals surface area contributed by atoms with Crippen LogP contribution in [0.2, 0.25) is 0 Å². The molecule has 4 nitrogen and oxygen atoms in total. The third-order valence-electron chi connectivity index (χ3n) is 8.70. The van der Waals surface area contributed by atoms with Crippen LogP contribution in [-0.4, -0.2) is 19.6 Å².